The van der Waals surface area contributed by atoms with Crippen molar-refractivity contribution in [2.45, 2.75) is 65.2 Å². The Morgan fingerprint density at radius 2 is 1.86 bits per heavy atom. The lowest BCUT2D eigenvalue weighted by Crippen LogP contribution is -2.20. The van der Waals surface area contributed by atoms with Crippen molar-refractivity contribution in [1.82, 2.24) is 0 Å². The first kappa shape index (κ1) is 10.5. The monoisotopic (exact) mass is 194 g/mol. The maximum atomic E-state index is 2.41. The fourth-order valence-electron chi connectivity index (χ4n) is 4.26. The predicted octanol–water partition coefficient (Wildman–Crippen LogP) is 4.64. The van der Waals surface area contributed by atoms with Crippen LogP contribution in [-0.2, 0) is 0 Å². The van der Waals surface area contributed by atoms with Gasteiger partial charge in [-0.05, 0) is 36.5 Å². The third-order valence-electron chi connectivity index (χ3n) is 4.88. The van der Waals surface area contributed by atoms with E-state index in [0.717, 1.165) is 23.7 Å². The van der Waals surface area contributed by atoms with Gasteiger partial charge < -0.3 is 0 Å². The van der Waals surface area contributed by atoms with Crippen LogP contribution in [0.1, 0.15) is 65.2 Å². The second-order valence-corrected chi connectivity index (χ2v) is 5.56. The summed E-state index contributed by atoms with van der Waals surface area (Å²) in [5, 5.41) is 0. The van der Waals surface area contributed by atoms with Crippen molar-refractivity contribution in [1.29, 1.82) is 0 Å². The fraction of sp³-hybridized carbons (Fsp3) is 1.00. The van der Waals surface area contributed by atoms with Gasteiger partial charge in [-0.3, -0.25) is 0 Å². The van der Waals surface area contributed by atoms with Gasteiger partial charge in [0.05, 0.1) is 0 Å². The molecule has 4 atom stereocenters. The molecule has 0 N–H and O–H groups in total. The third kappa shape index (κ3) is 1.85. The van der Waals surface area contributed by atoms with Crippen LogP contribution in [0.25, 0.3) is 0 Å². The first-order valence-electron chi connectivity index (χ1n) is 6.86. The molecule has 2 fully saturated rings. The quantitative estimate of drug-likeness (QED) is 0.614. The summed E-state index contributed by atoms with van der Waals surface area (Å²) in [6, 6.07) is 0. The van der Waals surface area contributed by atoms with E-state index in [0.29, 0.717) is 0 Å². The Morgan fingerprint density at radius 1 is 1.07 bits per heavy atom. The Balaban J connectivity index is 2.02. The van der Waals surface area contributed by atoms with Crippen LogP contribution < -0.4 is 0 Å². The summed E-state index contributed by atoms with van der Waals surface area (Å²) in [7, 11) is 0. The minimum Gasteiger partial charge on any atom is -0.0654 e. The summed E-state index contributed by atoms with van der Waals surface area (Å²) in [5.41, 5.74) is 0. The molecule has 0 aromatic rings. The highest BCUT2D eigenvalue weighted by Crippen LogP contribution is 2.51. The van der Waals surface area contributed by atoms with E-state index in [-0.39, 0.29) is 0 Å². The lowest BCUT2D eigenvalue weighted by molar-refractivity contribution is 0.206. The topological polar surface area (TPSA) is 0 Å². The zero-order valence-corrected chi connectivity index (χ0v) is 9.97. The molecular weight excluding hydrogens is 168 g/mol. The third-order valence-corrected chi connectivity index (χ3v) is 4.88. The van der Waals surface area contributed by atoms with Gasteiger partial charge in [0.2, 0.25) is 0 Å². The van der Waals surface area contributed by atoms with Gasteiger partial charge in [0.15, 0.2) is 0 Å². The smallest absolute Gasteiger partial charge is 0.0355 e. The molecule has 0 heteroatoms. The Bertz CT molecular complexity index is 173. The molecule has 4 unspecified atom stereocenters. The van der Waals surface area contributed by atoms with Crippen molar-refractivity contribution in [3.8, 4) is 0 Å². The van der Waals surface area contributed by atoms with E-state index < -0.39 is 0 Å². The molecule has 0 aliphatic heterocycles. The zero-order chi connectivity index (χ0) is 9.97. The molecule has 0 nitrogen and oxygen atoms in total. The molecule has 0 aromatic heterocycles. The lowest BCUT2D eigenvalue weighted by Gasteiger charge is -2.30. The van der Waals surface area contributed by atoms with Gasteiger partial charge in [0.1, 0.15) is 0 Å². The summed E-state index contributed by atoms with van der Waals surface area (Å²) >= 11 is 0. The maximum Gasteiger partial charge on any atom is -0.0355 e. The van der Waals surface area contributed by atoms with E-state index in [2.05, 4.69) is 13.8 Å². The Morgan fingerprint density at radius 3 is 2.57 bits per heavy atom. The first-order valence-corrected chi connectivity index (χ1v) is 6.86. The van der Waals surface area contributed by atoms with Crippen molar-refractivity contribution >= 4 is 0 Å². The van der Waals surface area contributed by atoms with E-state index in [9.17, 15) is 0 Å². The van der Waals surface area contributed by atoms with Crippen molar-refractivity contribution in [2.75, 3.05) is 0 Å². The summed E-state index contributed by atoms with van der Waals surface area (Å²) in [5.74, 6) is 4.46. The van der Waals surface area contributed by atoms with Crippen LogP contribution in [0.15, 0.2) is 0 Å². The van der Waals surface area contributed by atoms with Crippen molar-refractivity contribution in [3.05, 3.63) is 0 Å². The molecule has 2 rings (SSSR count). The fourth-order valence-corrected chi connectivity index (χ4v) is 4.26. The molecule has 0 radical (unpaired) electrons. The average Bonchev–Trinajstić information content (AvgIpc) is 2.58. The lowest BCUT2D eigenvalue weighted by atomic mass is 9.76. The SMILES string of the molecule is CCCC1C(CC)CC2CCCCC21. The van der Waals surface area contributed by atoms with Crippen molar-refractivity contribution in [2.24, 2.45) is 23.7 Å². The van der Waals surface area contributed by atoms with Gasteiger partial charge in [-0.15, -0.1) is 0 Å². The van der Waals surface area contributed by atoms with Crippen LogP contribution in [0.2, 0.25) is 0 Å². The number of hydrogen-bond donors (Lipinski definition) is 0. The highest BCUT2D eigenvalue weighted by Gasteiger charge is 2.41. The van der Waals surface area contributed by atoms with Gasteiger partial charge in [0, 0.05) is 0 Å². The molecule has 82 valence electrons. The predicted molar refractivity (Wildman–Crippen MR) is 62.2 cm³/mol. The highest BCUT2D eigenvalue weighted by atomic mass is 14.5. The molecule has 0 amide bonds. The molecule has 0 spiro atoms. The van der Waals surface area contributed by atoms with E-state index in [1.54, 1.807) is 19.3 Å². The largest absolute Gasteiger partial charge is 0.0654 e. The molecular formula is C14H26. The molecule has 2 saturated carbocycles. The van der Waals surface area contributed by atoms with E-state index in [1.807, 2.05) is 0 Å². The summed E-state index contributed by atoms with van der Waals surface area (Å²) in [4.78, 5) is 0. The van der Waals surface area contributed by atoms with Crippen molar-refractivity contribution in [3.63, 3.8) is 0 Å². The number of fused-ring (bicyclic) bond motifs is 1. The molecule has 0 aromatic carbocycles. The molecule has 0 saturated heterocycles. The molecule has 2 aliphatic carbocycles. The Labute approximate surface area is 89.5 Å². The van der Waals surface area contributed by atoms with Gasteiger partial charge in [0.25, 0.3) is 0 Å². The van der Waals surface area contributed by atoms with Crippen LogP contribution >= 0.6 is 0 Å². The second kappa shape index (κ2) is 4.68. The minimum absolute atomic E-state index is 1.09. The number of rotatable bonds is 3. The molecule has 2 aliphatic rings. The van der Waals surface area contributed by atoms with Crippen LogP contribution in [0.4, 0.5) is 0 Å². The highest BCUT2D eigenvalue weighted by molar-refractivity contribution is 4.91. The summed E-state index contributed by atoms with van der Waals surface area (Å²) < 4.78 is 0. The summed E-state index contributed by atoms with van der Waals surface area (Å²) in [6.45, 7) is 4.77. The van der Waals surface area contributed by atoms with E-state index >= 15 is 0 Å². The standard InChI is InChI=1S/C14H26/c1-3-7-13-11(4-2)10-12-8-5-6-9-14(12)13/h11-14H,3-10H2,1-2H3. The van der Waals surface area contributed by atoms with E-state index in [4.69, 9.17) is 0 Å². The maximum absolute atomic E-state index is 2.41. The molecule has 0 bridgehead atoms. The summed E-state index contributed by atoms with van der Waals surface area (Å²) in [6.07, 6.45) is 12.1. The van der Waals surface area contributed by atoms with Gasteiger partial charge in [-0.25, -0.2) is 0 Å². The van der Waals surface area contributed by atoms with E-state index in [1.165, 1.54) is 32.1 Å². The zero-order valence-electron chi connectivity index (χ0n) is 9.97. The van der Waals surface area contributed by atoms with Crippen LogP contribution in [0.3, 0.4) is 0 Å². The Hall–Kier alpha value is 0. The second-order valence-electron chi connectivity index (χ2n) is 5.56. The average molecular weight is 194 g/mol. The van der Waals surface area contributed by atoms with Crippen molar-refractivity contribution < 1.29 is 0 Å². The van der Waals surface area contributed by atoms with Gasteiger partial charge in [-0.2, -0.15) is 0 Å². The minimum atomic E-state index is 1.09. The number of hydrogen-bond acceptors (Lipinski definition) is 0. The Kier molecular flexibility index (Phi) is 3.52. The van der Waals surface area contributed by atoms with Gasteiger partial charge in [-0.1, -0.05) is 52.4 Å². The normalized spacial score (nSPS) is 42.4. The van der Waals surface area contributed by atoms with Crippen LogP contribution in [0.5, 0.6) is 0 Å². The van der Waals surface area contributed by atoms with Gasteiger partial charge >= 0.3 is 0 Å². The molecule has 0 heterocycles. The molecule has 14 heavy (non-hydrogen) atoms. The van der Waals surface area contributed by atoms with Crippen LogP contribution in [-0.4, -0.2) is 0 Å². The first-order chi connectivity index (χ1) is 6.86. The van der Waals surface area contributed by atoms with Crippen LogP contribution in [0, 0.1) is 23.7 Å².